The Balaban J connectivity index is 1.38. The minimum atomic E-state index is 0.639. The Morgan fingerprint density at radius 1 is 0.488 bits per heavy atom. The van der Waals surface area contributed by atoms with Crippen LogP contribution >= 0.6 is 0 Å². The van der Waals surface area contributed by atoms with Gasteiger partial charge in [-0.1, -0.05) is 146 Å². The lowest BCUT2D eigenvalue weighted by Gasteiger charge is -2.16. The summed E-state index contributed by atoms with van der Waals surface area (Å²) in [6.07, 6.45) is 0. The van der Waals surface area contributed by atoms with Crippen LogP contribution in [-0.4, -0.2) is 9.97 Å². The van der Waals surface area contributed by atoms with E-state index in [0.717, 1.165) is 50.3 Å². The molecule has 3 heteroatoms. The molecule has 0 saturated carbocycles. The van der Waals surface area contributed by atoms with E-state index in [4.69, 9.17) is 16.5 Å². The highest BCUT2D eigenvalue weighted by molar-refractivity contribution is 6.04. The van der Waals surface area contributed by atoms with Gasteiger partial charge in [-0.25, -0.2) is 14.8 Å². The first-order chi connectivity index (χ1) is 21.2. The van der Waals surface area contributed by atoms with E-state index in [0.29, 0.717) is 11.5 Å². The largest absolute Gasteiger partial charge is 0.238 e. The van der Waals surface area contributed by atoms with Crippen molar-refractivity contribution in [2.75, 3.05) is 0 Å². The van der Waals surface area contributed by atoms with Gasteiger partial charge in [-0.3, -0.25) is 0 Å². The second kappa shape index (κ2) is 11.2. The van der Waals surface area contributed by atoms with E-state index in [2.05, 4.69) is 96.7 Å². The van der Waals surface area contributed by atoms with Gasteiger partial charge < -0.3 is 0 Å². The molecule has 0 unspecified atom stereocenters. The van der Waals surface area contributed by atoms with E-state index in [1.807, 2.05) is 60.7 Å². The summed E-state index contributed by atoms with van der Waals surface area (Å²) in [5.74, 6) is 0.711. The summed E-state index contributed by atoms with van der Waals surface area (Å²) in [6.45, 7) is 9.46. The lowest BCUT2D eigenvalue weighted by Crippen LogP contribution is -2.00. The second-order valence-electron chi connectivity index (χ2n) is 10.5. The summed E-state index contributed by atoms with van der Waals surface area (Å²) in [5.41, 5.74) is 11.2. The average Bonchev–Trinajstić information content (AvgIpc) is 3.09. The van der Waals surface area contributed by atoms with Crippen LogP contribution in [0.1, 0.15) is 5.56 Å². The number of rotatable bonds is 5. The molecule has 6 aromatic carbocycles. The molecule has 202 valence electrons. The Labute approximate surface area is 251 Å². The van der Waals surface area contributed by atoms with Crippen molar-refractivity contribution in [2.45, 2.75) is 6.92 Å². The maximum Gasteiger partial charge on any atom is 0.187 e. The molecule has 0 bridgehead atoms. The molecule has 0 N–H and O–H groups in total. The molecule has 0 atom stereocenters. The van der Waals surface area contributed by atoms with Crippen LogP contribution in [-0.2, 0) is 0 Å². The Morgan fingerprint density at radius 3 is 1.67 bits per heavy atom. The van der Waals surface area contributed by atoms with Crippen LogP contribution in [0.5, 0.6) is 0 Å². The third kappa shape index (κ3) is 4.96. The van der Waals surface area contributed by atoms with Crippen molar-refractivity contribution in [3.05, 3.63) is 163 Å². The van der Waals surface area contributed by atoms with Crippen LogP contribution in [0, 0.1) is 13.5 Å². The molecule has 1 aromatic heterocycles. The SMILES string of the molecule is [C-]#[N+]c1ccc(-c2ccc3ccccc3c2-c2ccc(-c3nc(-c4ccccc4)nc(-c4ccccc4)c3C)cc2)cc1. The minimum absolute atomic E-state index is 0.639. The van der Waals surface area contributed by atoms with Gasteiger partial charge >= 0.3 is 0 Å². The molecule has 0 saturated heterocycles. The molecule has 0 aliphatic carbocycles. The van der Waals surface area contributed by atoms with Crippen molar-refractivity contribution in [2.24, 2.45) is 0 Å². The first-order valence-corrected chi connectivity index (χ1v) is 14.3. The van der Waals surface area contributed by atoms with Crippen molar-refractivity contribution < 1.29 is 0 Å². The number of hydrogen-bond donors (Lipinski definition) is 0. The van der Waals surface area contributed by atoms with E-state index in [-0.39, 0.29) is 0 Å². The zero-order valence-corrected chi connectivity index (χ0v) is 23.7. The molecule has 0 aliphatic rings. The molecule has 0 fully saturated rings. The predicted octanol–water partition coefficient (Wildman–Crippen LogP) is 10.8. The molecule has 43 heavy (non-hydrogen) atoms. The van der Waals surface area contributed by atoms with Crippen LogP contribution in [0.15, 0.2) is 146 Å². The molecular weight excluding hydrogens is 522 g/mol. The third-order valence-corrected chi connectivity index (χ3v) is 7.91. The van der Waals surface area contributed by atoms with Gasteiger partial charge in [0.1, 0.15) is 0 Å². The zero-order chi connectivity index (χ0) is 29.2. The first kappa shape index (κ1) is 26.1. The van der Waals surface area contributed by atoms with Gasteiger partial charge in [-0.05, 0) is 39.9 Å². The second-order valence-corrected chi connectivity index (χ2v) is 10.5. The molecule has 7 rings (SSSR count). The molecule has 0 amide bonds. The van der Waals surface area contributed by atoms with Gasteiger partial charge in [0, 0.05) is 22.3 Å². The molecular formula is C40H27N3. The Kier molecular flexibility index (Phi) is 6.79. The fourth-order valence-corrected chi connectivity index (χ4v) is 5.72. The summed E-state index contributed by atoms with van der Waals surface area (Å²) >= 11 is 0. The lowest BCUT2D eigenvalue weighted by molar-refractivity contribution is 1.15. The van der Waals surface area contributed by atoms with Crippen LogP contribution < -0.4 is 0 Å². The van der Waals surface area contributed by atoms with Crippen molar-refractivity contribution in [3.8, 4) is 56.2 Å². The van der Waals surface area contributed by atoms with Crippen molar-refractivity contribution in [3.63, 3.8) is 0 Å². The number of hydrogen-bond acceptors (Lipinski definition) is 2. The van der Waals surface area contributed by atoms with Crippen LogP contribution in [0.25, 0.3) is 71.8 Å². The van der Waals surface area contributed by atoms with Gasteiger partial charge in [-0.15, -0.1) is 0 Å². The van der Waals surface area contributed by atoms with Gasteiger partial charge in [-0.2, -0.15) is 0 Å². The van der Waals surface area contributed by atoms with Crippen molar-refractivity contribution in [1.29, 1.82) is 0 Å². The van der Waals surface area contributed by atoms with Gasteiger partial charge in [0.15, 0.2) is 11.5 Å². The van der Waals surface area contributed by atoms with E-state index < -0.39 is 0 Å². The smallest absolute Gasteiger partial charge is 0.187 e. The zero-order valence-electron chi connectivity index (χ0n) is 23.7. The predicted molar refractivity (Wildman–Crippen MR) is 178 cm³/mol. The fourth-order valence-electron chi connectivity index (χ4n) is 5.72. The minimum Gasteiger partial charge on any atom is -0.238 e. The van der Waals surface area contributed by atoms with Crippen LogP contribution in [0.4, 0.5) is 5.69 Å². The number of fused-ring (bicyclic) bond motifs is 1. The average molecular weight is 550 g/mol. The molecule has 0 radical (unpaired) electrons. The van der Waals surface area contributed by atoms with Crippen LogP contribution in [0.2, 0.25) is 0 Å². The summed E-state index contributed by atoms with van der Waals surface area (Å²) in [7, 11) is 0. The van der Waals surface area contributed by atoms with Crippen molar-refractivity contribution >= 4 is 16.5 Å². The lowest BCUT2D eigenvalue weighted by atomic mass is 9.89. The quantitative estimate of drug-likeness (QED) is 0.200. The Hall–Kier alpha value is -5.85. The fraction of sp³-hybridized carbons (Fsp3) is 0.0250. The van der Waals surface area contributed by atoms with E-state index in [9.17, 15) is 0 Å². The standard InChI is InChI=1S/C40H27N3/c1-27-38(31-12-5-3-6-13-31)42-40(33-14-7-4-8-15-33)43-39(27)32-19-17-30(18-20-32)37-35-16-10-9-11-28(35)23-26-36(37)29-21-24-34(41-2)25-22-29/h3-26H,1H3. The summed E-state index contributed by atoms with van der Waals surface area (Å²) in [5, 5.41) is 2.38. The highest BCUT2D eigenvalue weighted by Crippen LogP contribution is 2.40. The summed E-state index contributed by atoms with van der Waals surface area (Å²) in [6, 6.07) is 49.9. The summed E-state index contributed by atoms with van der Waals surface area (Å²) in [4.78, 5) is 13.7. The molecule has 3 nitrogen and oxygen atoms in total. The molecule has 1 heterocycles. The summed E-state index contributed by atoms with van der Waals surface area (Å²) < 4.78 is 0. The topological polar surface area (TPSA) is 30.1 Å². The van der Waals surface area contributed by atoms with Gasteiger partial charge in [0.05, 0.1) is 18.0 Å². The van der Waals surface area contributed by atoms with E-state index in [1.165, 1.54) is 16.3 Å². The molecule has 0 aliphatic heterocycles. The molecule has 0 spiro atoms. The van der Waals surface area contributed by atoms with E-state index >= 15 is 0 Å². The number of aromatic nitrogens is 2. The van der Waals surface area contributed by atoms with Gasteiger partial charge in [0.25, 0.3) is 0 Å². The van der Waals surface area contributed by atoms with Crippen molar-refractivity contribution in [1.82, 2.24) is 9.97 Å². The highest BCUT2D eigenvalue weighted by Gasteiger charge is 2.17. The first-order valence-electron chi connectivity index (χ1n) is 14.3. The number of benzene rings is 6. The van der Waals surface area contributed by atoms with E-state index in [1.54, 1.807) is 0 Å². The Morgan fingerprint density at radius 2 is 1.02 bits per heavy atom. The highest BCUT2D eigenvalue weighted by atomic mass is 14.9. The maximum absolute atomic E-state index is 7.35. The monoisotopic (exact) mass is 549 g/mol. The third-order valence-electron chi connectivity index (χ3n) is 7.91. The molecule has 7 aromatic rings. The normalized spacial score (nSPS) is 10.9. The number of nitrogens with zero attached hydrogens (tertiary/aromatic N) is 3. The Bertz CT molecular complexity index is 2110. The van der Waals surface area contributed by atoms with Crippen LogP contribution in [0.3, 0.4) is 0 Å². The van der Waals surface area contributed by atoms with Gasteiger partial charge in [0.2, 0.25) is 0 Å². The maximum atomic E-state index is 7.35.